The van der Waals surface area contributed by atoms with Gasteiger partial charge in [0.25, 0.3) is 5.91 Å². The first-order valence-corrected chi connectivity index (χ1v) is 8.07. The number of imide groups is 1. The summed E-state index contributed by atoms with van der Waals surface area (Å²) in [5, 5.41) is 10.6. The molecule has 0 radical (unpaired) electrons. The van der Waals surface area contributed by atoms with Gasteiger partial charge in [0, 0.05) is 11.8 Å². The molecule has 3 amide bonds. The lowest BCUT2D eigenvalue weighted by atomic mass is 10.0. The molecule has 0 spiro atoms. The fourth-order valence-corrected chi connectivity index (χ4v) is 3.34. The van der Waals surface area contributed by atoms with E-state index in [1.165, 1.54) is 11.3 Å². The summed E-state index contributed by atoms with van der Waals surface area (Å²) >= 11 is 1.43. The van der Waals surface area contributed by atoms with Gasteiger partial charge in [-0.3, -0.25) is 19.7 Å². The van der Waals surface area contributed by atoms with Gasteiger partial charge in [0.05, 0.1) is 10.6 Å². The van der Waals surface area contributed by atoms with Gasteiger partial charge in [0.2, 0.25) is 11.8 Å². The first-order valence-electron chi connectivity index (χ1n) is 7.19. The molecule has 0 bridgehead atoms. The Balaban J connectivity index is 2.13. The van der Waals surface area contributed by atoms with Crippen LogP contribution in [0, 0.1) is 0 Å². The van der Waals surface area contributed by atoms with Gasteiger partial charge in [-0.2, -0.15) is 0 Å². The molecular formula is C15H19N3O3S. The Morgan fingerprint density at radius 1 is 1.55 bits per heavy atom. The van der Waals surface area contributed by atoms with Crippen LogP contribution < -0.4 is 16.0 Å². The summed E-state index contributed by atoms with van der Waals surface area (Å²) in [5.74, 6) is -1.03. The lowest BCUT2D eigenvalue weighted by Crippen LogP contribution is -2.52. The predicted octanol–water partition coefficient (Wildman–Crippen LogP) is 1.79. The maximum atomic E-state index is 12.4. The highest BCUT2D eigenvalue weighted by Gasteiger charge is 2.29. The minimum absolute atomic E-state index is 0.241. The maximum Gasteiger partial charge on any atom is 0.253 e. The van der Waals surface area contributed by atoms with Crippen LogP contribution in [0.4, 0.5) is 5.00 Å². The number of piperidine rings is 1. The van der Waals surface area contributed by atoms with Crippen molar-refractivity contribution >= 4 is 34.1 Å². The Labute approximate surface area is 133 Å². The number of thiophene rings is 1. The SMILES string of the molecule is C=CNc1scc(C(=O)NC2CCC(=O)NC2=O)c1CCC. The molecule has 0 saturated carbocycles. The second-order valence-electron chi connectivity index (χ2n) is 5.03. The van der Waals surface area contributed by atoms with E-state index in [2.05, 4.69) is 22.5 Å². The first-order chi connectivity index (χ1) is 10.6. The van der Waals surface area contributed by atoms with E-state index in [1.54, 1.807) is 11.6 Å². The van der Waals surface area contributed by atoms with Crippen molar-refractivity contribution in [1.29, 1.82) is 0 Å². The largest absolute Gasteiger partial charge is 0.354 e. The molecule has 2 heterocycles. The van der Waals surface area contributed by atoms with Crippen molar-refractivity contribution in [2.75, 3.05) is 5.32 Å². The third kappa shape index (κ3) is 3.54. The summed E-state index contributed by atoms with van der Waals surface area (Å²) in [6.45, 7) is 5.67. The van der Waals surface area contributed by atoms with Crippen LogP contribution in [-0.2, 0) is 16.0 Å². The zero-order valence-corrected chi connectivity index (χ0v) is 13.2. The monoisotopic (exact) mass is 321 g/mol. The minimum atomic E-state index is -0.657. The van der Waals surface area contributed by atoms with E-state index in [0.29, 0.717) is 12.0 Å². The number of hydrogen-bond donors (Lipinski definition) is 3. The molecule has 1 aromatic rings. The number of carbonyl (C=O) groups excluding carboxylic acids is 3. The minimum Gasteiger partial charge on any atom is -0.354 e. The number of hydrogen-bond acceptors (Lipinski definition) is 5. The van der Waals surface area contributed by atoms with Gasteiger partial charge >= 0.3 is 0 Å². The van der Waals surface area contributed by atoms with Crippen molar-refractivity contribution in [3.63, 3.8) is 0 Å². The maximum absolute atomic E-state index is 12.4. The van der Waals surface area contributed by atoms with E-state index >= 15 is 0 Å². The average Bonchev–Trinajstić information content (AvgIpc) is 2.86. The molecule has 3 N–H and O–H groups in total. The summed E-state index contributed by atoms with van der Waals surface area (Å²) in [6.07, 6.45) is 3.82. The molecule has 1 aliphatic rings. The van der Waals surface area contributed by atoms with Crippen LogP contribution in [0.3, 0.4) is 0 Å². The highest BCUT2D eigenvalue weighted by molar-refractivity contribution is 7.14. The Kier molecular flexibility index (Phi) is 5.32. The van der Waals surface area contributed by atoms with Crippen LogP contribution in [0.1, 0.15) is 42.1 Å². The normalized spacial score (nSPS) is 17.8. The van der Waals surface area contributed by atoms with Crippen LogP contribution in [0.2, 0.25) is 0 Å². The lowest BCUT2D eigenvalue weighted by Gasteiger charge is -2.21. The zero-order chi connectivity index (χ0) is 16.1. The number of carbonyl (C=O) groups is 3. The van der Waals surface area contributed by atoms with E-state index < -0.39 is 11.9 Å². The number of anilines is 1. The third-order valence-electron chi connectivity index (χ3n) is 3.42. The van der Waals surface area contributed by atoms with Crippen molar-refractivity contribution in [2.24, 2.45) is 0 Å². The number of rotatable bonds is 6. The van der Waals surface area contributed by atoms with E-state index in [9.17, 15) is 14.4 Å². The fourth-order valence-electron chi connectivity index (χ4n) is 2.35. The summed E-state index contributed by atoms with van der Waals surface area (Å²) in [6, 6.07) is -0.657. The van der Waals surface area contributed by atoms with Gasteiger partial charge in [-0.05, 0) is 24.6 Å². The number of nitrogens with one attached hydrogen (secondary N) is 3. The second-order valence-corrected chi connectivity index (χ2v) is 5.91. The van der Waals surface area contributed by atoms with Crippen molar-refractivity contribution in [3.8, 4) is 0 Å². The van der Waals surface area contributed by atoms with Gasteiger partial charge in [-0.15, -0.1) is 11.3 Å². The molecule has 0 aromatic carbocycles. The van der Waals surface area contributed by atoms with Gasteiger partial charge < -0.3 is 10.6 Å². The van der Waals surface area contributed by atoms with Crippen LogP contribution in [0.15, 0.2) is 18.2 Å². The molecule has 1 fully saturated rings. The standard InChI is InChI=1S/C15H19N3O3S/c1-3-5-9-10(8-22-15(9)16-4-2)13(20)17-11-6-7-12(19)18-14(11)21/h4,8,11,16H,2-3,5-7H2,1H3,(H,17,20)(H,18,19,21). The van der Waals surface area contributed by atoms with E-state index in [4.69, 9.17) is 0 Å². The molecule has 1 atom stereocenters. The first kappa shape index (κ1) is 16.2. The predicted molar refractivity (Wildman–Crippen MR) is 85.8 cm³/mol. The van der Waals surface area contributed by atoms with Crippen molar-refractivity contribution in [2.45, 2.75) is 38.6 Å². The quantitative estimate of drug-likeness (QED) is 0.697. The molecule has 1 unspecified atom stereocenters. The Morgan fingerprint density at radius 2 is 2.32 bits per heavy atom. The van der Waals surface area contributed by atoms with E-state index in [-0.39, 0.29) is 18.2 Å². The molecule has 1 saturated heterocycles. The molecule has 1 aromatic heterocycles. The molecule has 1 aliphatic heterocycles. The zero-order valence-electron chi connectivity index (χ0n) is 12.4. The summed E-state index contributed by atoms with van der Waals surface area (Å²) in [7, 11) is 0. The lowest BCUT2D eigenvalue weighted by molar-refractivity contribution is -0.134. The second kappa shape index (κ2) is 7.22. The smallest absolute Gasteiger partial charge is 0.253 e. The Hall–Kier alpha value is -2.15. The molecule has 6 nitrogen and oxygen atoms in total. The molecule has 0 aliphatic carbocycles. The van der Waals surface area contributed by atoms with Crippen molar-refractivity contribution in [3.05, 3.63) is 29.3 Å². The van der Waals surface area contributed by atoms with Crippen molar-refractivity contribution in [1.82, 2.24) is 10.6 Å². The topological polar surface area (TPSA) is 87.3 Å². The van der Waals surface area contributed by atoms with Gasteiger partial charge in [-0.25, -0.2) is 0 Å². The molecule has 118 valence electrons. The highest BCUT2D eigenvalue weighted by atomic mass is 32.1. The molecule has 7 heteroatoms. The Morgan fingerprint density at radius 3 is 2.95 bits per heavy atom. The van der Waals surface area contributed by atoms with Crippen LogP contribution >= 0.6 is 11.3 Å². The molecule has 22 heavy (non-hydrogen) atoms. The highest BCUT2D eigenvalue weighted by Crippen LogP contribution is 2.29. The summed E-state index contributed by atoms with van der Waals surface area (Å²) < 4.78 is 0. The fraction of sp³-hybridized carbons (Fsp3) is 0.400. The molecular weight excluding hydrogens is 302 g/mol. The van der Waals surface area contributed by atoms with E-state index in [0.717, 1.165) is 23.4 Å². The molecule has 2 rings (SSSR count). The third-order valence-corrected chi connectivity index (χ3v) is 4.37. The number of amides is 3. The van der Waals surface area contributed by atoms with Crippen molar-refractivity contribution < 1.29 is 14.4 Å². The van der Waals surface area contributed by atoms with Crippen LogP contribution in [-0.4, -0.2) is 23.8 Å². The average molecular weight is 321 g/mol. The summed E-state index contributed by atoms with van der Waals surface area (Å²) in [4.78, 5) is 35.3. The van der Waals surface area contributed by atoms with E-state index in [1.807, 2.05) is 6.92 Å². The van der Waals surface area contributed by atoms with Gasteiger partial charge in [-0.1, -0.05) is 19.9 Å². The summed E-state index contributed by atoms with van der Waals surface area (Å²) in [5.41, 5.74) is 1.50. The van der Waals surface area contributed by atoms with Crippen LogP contribution in [0.5, 0.6) is 0 Å². The van der Waals surface area contributed by atoms with Gasteiger partial charge in [0.1, 0.15) is 6.04 Å². The Bertz CT molecular complexity index is 609. The van der Waals surface area contributed by atoms with Gasteiger partial charge in [0.15, 0.2) is 0 Å². The van der Waals surface area contributed by atoms with Crippen LogP contribution in [0.25, 0.3) is 0 Å².